The first-order valence-corrected chi connectivity index (χ1v) is 6.93. The van der Waals surface area contributed by atoms with Gasteiger partial charge in [-0.25, -0.2) is 5.43 Å². The van der Waals surface area contributed by atoms with Gasteiger partial charge in [-0.1, -0.05) is 17.7 Å². The third-order valence-corrected chi connectivity index (χ3v) is 3.61. The monoisotopic (exact) mass is 282 g/mol. The fourth-order valence-electron chi connectivity index (χ4n) is 1.78. The van der Waals surface area contributed by atoms with Crippen LogP contribution in [0.3, 0.4) is 0 Å². The molecule has 18 heavy (non-hydrogen) atoms. The predicted molar refractivity (Wildman–Crippen MR) is 75.9 cm³/mol. The van der Waals surface area contributed by atoms with E-state index in [0.717, 1.165) is 11.3 Å². The molecule has 0 fully saturated rings. The van der Waals surface area contributed by atoms with Gasteiger partial charge in [-0.05, 0) is 47.5 Å². The Morgan fingerprint density at radius 3 is 2.83 bits per heavy atom. The maximum atomic E-state index is 5.92. The van der Waals surface area contributed by atoms with E-state index in [0.29, 0.717) is 5.02 Å². The molecule has 2 unspecified atom stereocenters. The molecule has 0 aliphatic rings. The standard InChI is InChI=1S/C13H15ClN2OS/c1-9(13(16-15)10-5-6-18-8-10)17-12-4-2-3-11(14)7-12/h2-9,13,16H,15H2,1H3. The van der Waals surface area contributed by atoms with Gasteiger partial charge < -0.3 is 4.74 Å². The van der Waals surface area contributed by atoms with Gasteiger partial charge in [0.25, 0.3) is 0 Å². The van der Waals surface area contributed by atoms with Crippen molar-refractivity contribution in [1.29, 1.82) is 0 Å². The third kappa shape index (κ3) is 3.23. The van der Waals surface area contributed by atoms with Crippen LogP contribution in [0, 0.1) is 0 Å². The Bertz CT molecular complexity index is 489. The maximum absolute atomic E-state index is 5.92. The molecule has 0 spiro atoms. The van der Waals surface area contributed by atoms with Gasteiger partial charge in [-0.3, -0.25) is 5.84 Å². The zero-order valence-corrected chi connectivity index (χ0v) is 11.5. The number of ether oxygens (including phenoxy) is 1. The van der Waals surface area contributed by atoms with Crippen molar-refractivity contribution in [2.24, 2.45) is 5.84 Å². The van der Waals surface area contributed by atoms with Crippen molar-refractivity contribution in [2.45, 2.75) is 19.1 Å². The summed E-state index contributed by atoms with van der Waals surface area (Å²) >= 11 is 7.56. The van der Waals surface area contributed by atoms with Crippen LogP contribution in [0.2, 0.25) is 5.02 Å². The zero-order valence-electron chi connectivity index (χ0n) is 9.97. The molecular formula is C13H15ClN2OS. The second-order valence-electron chi connectivity index (χ2n) is 3.98. The molecule has 1 heterocycles. The highest BCUT2D eigenvalue weighted by Crippen LogP contribution is 2.24. The first kappa shape index (κ1) is 13.4. The molecule has 96 valence electrons. The molecule has 1 aromatic heterocycles. The number of halogens is 1. The second kappa shape index (κ2) is 6.20. The van der Waals surface area contributed by atoms with Gasteiger partial charge in [-0.15, -0.1) is 0 Å². The largest absolute Gasteiger partial charge is 0.489 e. The second-order valence-corrected chi connectivity index (χ2v) is 5.20. The van der Waals surface area contributed by atoms with E-state index >= 15 is 0 Å². The average molecular weight is 283 g/mol. The summed E-state index contributed by atoms with van der Waals surface area (Å²) < 4.78 is 5.85. The van der Waals surface area contributed by atoms with Crippen molar-refractivity contribution in [3.63, 3.8) is 0 Å². The van der Waals surface area contributed by atoms with Gasteiger partial charge in [-0.2, -0.15) is 11.3 Å². The van der Waals surface area contributed by atoms with Gasteiger partial charge in [0.15, 0.2) is 0 Å². The molecule has 3 nitrogen and oxygen atoms in total. The molecular weight excluding hydrogens is 268 g/mol. The van der Waals surface area contributed by atoms with Gasteiger partial charge >= 0.3 is 0 Å². The molecule has 0 aliphatic heterocycles. The SMILES string of the molecule is CC(Oc1cccc(Cl)c1)C(NN)c1ccsc1. The molecule has 0 saturated carbocycles. The first-order valence-electron chi connectivity index (χ1n) is 5.61. The Hall–Kier alpha value is -1.07. The smallest absolute Gasteiger partial charge is 0.121 e. The van der Waals surface area contributed by atoms with E-state index in [1.54, 1.807) is 17.4 Å². The molecule has 0 amide bonds. The topological polar surface area (TPSA) is 47.3 Å². The predicted octanol–water partition coefficient (Wildman–Crippen LogP) is 3.37. The summed E-state index contributed by atoms with van der Waals surface area (Å²) in [6.07, 6.45) is -0.0944. The fraction of sp³-hybridized carbons (Fsp3) is 0.231. The first-order chi connectivity index (χ1) is 8.70. The van der Waals surface area contributed by atoms with E-state index in [4.69, 9.17) is 22.2 Å². The van der Waals surface area contributed by atoms with E-state index in [2.05, 4.69) is 10.8 Å². The van der Waals surface area contributed by atoms with Gasteiger partial charge in [0, 0.05) is 5.02 Å². The number of hydrogen-bond acceptors (Lipinski definition) is 4. The number of thiophene rings is 1. The summed E-state index contributed by atoms with van der Waals surface area (Å²) in [6.45, 7) is 1.98. The lowest BCUT2D eigenvalue weighted by Crippen LogP contribution is -2.37. The third-order valence-electron chi connectivity index (χ3n) is 2.67. The fourth-order valence-corrected chi connectivity index (χ4v) is 2.65. The van der Waals surface area contributed by atoms with Crippen LogP contribution < -0.4 is 16.0 Å². The molecule has 0 aliphatic carbocycles. The van der Waals surface area contributed by atoms with Crippen molar-refractivity contribution in [3.05, 3.63) is 51.7 Å². The average Bonchev–Trinajstić information content (AvgIpc) is 2.83. The lowest BCUT2D eigenvalue weighted by Gasteiger charge is -2.23. The van der Waals surface area contributed by atoms with Crippen LogP contribution in [0.1, 0.15) is 18.5 Å². The number of benzene rings is 1. The summed E-state index contributed by atoms with van der Waals surface area (Å²) in [5.41, 5.74) is 3.91. The Morgan fingerprint density at radius 1 is 1.39 bits per heavy atom. The number of nitrogens with two attached hydrogens (primary N) is 1. The van der Waals surface area contributed by atoms with Crippen LogP contribution in [0.4, 0.5) is 0 Å². The Balaban J connectivity index is 2.08. The maximum Gasteiger partial charge on any atom is 0.121 e. The summed E-state index contributed by atoms with van der Waals surface area (Å²) in [6, 6.07) is 9.34. The van der Waals surface area contributed by atoms with Gasteiger partial charge in [0.05, 0.1) is 6.04 Å². The minimum atomic E-state index is -0.0944. The Morgan fingerprint density at radius 2 is 2.22 bits per heavy atom. The molecule has 5 heteroatoms. The quantitative estimate of drug-likeness (QED) is 0.653. The minimum Gasteiger partial charge on any atom is -0.489 e. The summed E-state index contributed by atoms with van der Waals surface area (Å²) in [5, 5.41) is 4.74. The summed E-state index contributed by atoms with van der Waals surface area (Å²) in [4.78, 5) is 0. The van der Waals surface area contributed by atoms with Crippen LogP contribution in [0.15, 0.2) is 41.1 Å². The lowest BCUT2D eigenvalue weighted by molar-refractivity contribution is 0.171. The lowest BCUT2D eigenvalue weighted by atomic mass is 10.1. The van der Waals surface area contributed by atoms with E-state index in [9.17, 15) is 0 Å². The molecule has 3 N–H and O–H groups in total. The van der Waals surface area contributed by atoms with Crippen molar-refractivity contribution in [3.8, 4) is 5.75 Å². The minimum absolute atomic E-state index is 0.0461. The number of hydrogen-bond donors (Lipinski definition) is 2. The Kier molecular flexibility index (Phi) is 4.60. The summed E-state index contributed by atoms with van der Waals surface area (Å²) in [7, 11) is 0. The van der Waals surface area contributed by atoms with Crippen molar-refractivity contribution < 1.29 is 4.74 Å². The van der Waals surface area contributed by atoms with Gasteiger partial charge in [0.2, 0.25) is 0 Å². The molecule has 0 saturated heterocycles. The molecule has 2 rings (SSSR count). The molecule has 0 radical (unpaired) electrons. The molecule has 1 aromatic carbocycles. The van der Waals surface area contributed by atoms with Crippen LogP contribution in [-0.4, -0.2) is 6.10 Å². The van der Waals surface area contributed by atoms with E-state index in [1.807, 2.05) is 36.6 Å². The van der Waals surface area contributed by atoms with Gasteiger partial charge in [0.1, 0.15) is 11.9 Å². The highest BCUT2D eigenvalue weighted by molar-refractivity contribution is 7.07. The number of hydrazine groups is 1. The van der Waals surface area contributed by atoms with Crippen molar-refractivity contribution in [2.75, 3.05) is 0 Å². The normalized spacial score (nSPS) is 14.2. The summed E-state index contributed by atoms with van der Waals surface area (Å²) in [5.74, 6) is 6.34. The molecule has 2 atom stereocenters. The zero-order chi connectivity index (χ0) is 13.0. The van der Waals surface area contributed by atoms with E-state index < -0.39 is 0 Å². The van der Waals surface area contributed by atoms with E-state index in [-0.39, 0.29) is 12.1 Å². The van der Waals surface area contributed by atoms with Crippen molar-refractivity contribution >= 4 is 22.9 Å². The highest BCUT2D eigenvalue weighted by atomic mass is 35.5. The van der Waals surface area contributed by atoms with Crippen molar-refractivity contribution in [1.82, 2.24) is 5.43 Å². The molecule has 0 bridgehead atoms. The Labute approximate surface area is 116 Å². The highest BCUT2D eigenvalue weighted by Gasteiger charge is 2.20. The van der Waals surface area contributed by atoms with Crippen LogP contribution in [-0.2, 0) is 0 Å². The van der Waals surface area contributed by atoms with E-state index in [1.165, 1.54) is 0 Å². The number of rotatable bonds is 5. The molecule has 2 aromatic rings. The van der Waals surface area contributed by atoms with Crippen LogP contribution >= 0.6 is 22.9 Å². The van der Waals surface area contributed by atoms with Crippen LogP contribution in [0.5, 0.6) is 5.75 Å². The van der Waals surface area contributed by atoms with Crippen LogP contribution in [0.25, 0.3) is 0 Å². The number of nitrogens with one attached hydrogen (secondary N) is 1.